The highest BCUT2D eigenvalue weighted by Gasteiger charge is 2.04. The molecule has 0 spiro atoms. The molecule has 0 aliphatic rings. The molecule has 15 heavy (non-hydrogen) atoms. The zero-order valence-electron chi connectivity index (χ0n) is 9.89. The van der Waals surface area contributed by atoms with Gasteiger partial charge < -0.3 is 15.1 Å². The number of nitrogens with zero attached hydrogens (tertiary/aromatic N) is 1. The molecule has 0 aromatic carbocycles. The molecule has 0 amide bonds. The molecule has 0 radical (unpaired) electrons. The number of aryl methyl sites for hydroxylation is 2. The molecule has 0 atom stereocenters. The van der Waals surface area contributed by atoms with E-state index in [1.807, 2.05) is 13.8 Å². The predicted molar refractivity (Wildman–Crippen MR) is 60.8 cm³/mol. The van der Waals surface area contributed by atoms with Crippen LogP contribution in [-0.4, -0.2) is 24.6 Å². The summed E-state index contributed by atoms with van der Waals surface area (Å²) in [6, 6.07) is 0. The normalized spacial score (nSPS) is 10.9. The predicted octanol–water partition coefficient (Wildman–Crippen LogP) is 1.38. The van der Waals surface area contributed by atoms with E-state index < -0.39 is 0 Å². The second kappa shape index (κ2) is 6.58. The van der Waals surface area contributed by atoms with E-state index in [0.29, 0.717) is 0 Å². The third-order valence-electron chi connectivity index (χ3n) is 2.19. The van der Waals surface area contributed by atoms with Gasteiger partial charge in [-0.25, -0.2) is 4.98 Å². The summed E-state index contributed by atoms with van der Waals surface area (Å²) in [7, 11) is 0. The first-order valence-corrected chi connectivity index (χ1v) is 5.58. The van der Waals surface area contributed by atoms with Gasteiger partial charge in [-0.3, -0.25) is 0 Å². The Morgan fingerprint density at radius 3 is 2.47 bits per heavy atom. The van der Waals surface area contributed by atoms with Crippen LogP contribution in [0.15, 0.2) is 4.42 Å². The summed E-state index contributed by atoms with van der Waals surface area (Å²) in [4.78, 5) is 4.22. The van der Waals surface area contributed by atoms with Crippen LogP contribution in [0.1, 0.15) is 30.7 Å². The standard InChI is InChI=1S/C11H21N3O/c1-4-5-12-6-7-13-8-11-9(2)14-10(3)15-11/h12-13H,4-8H2,1-3H3. The van der Waals surface area contributed by atoms with Crippen LogP contribution in [0.5, 0.6) is 0 Å². The van der Waals surface area contributed by atoms with Gasteiger partial charge in [0.25, 0.3) is 0 Å². The fraction of sp³-hybridized carbons (Fsp3) is 0.727. The van der Waals surface area contributed by atoms with Gasteiger partial charge in [0.15, 0.2) is 5.89 Å². The monoisotopic (exact) mass is 211 g/mol. The Labute approximate surface area is 91.5 Å². The molecule has 0 unspecified atom stereocenters. The van der Waals surface area contributed by atoms with Crippen LogP contribution in [0.2, 0.25) is 0 Å². The van der Waals surface area contributed by atoms with Crippen LogP contribution in [0, 0.1) is 13.8 Å². The third-order valence-corrected chi connectivity index (χ3v) is 2.19. The lowest BCUT2D eigenvalue weighted by molar-refractivity contribution is 0.452. The first-order chi connectivity index (χ1) is 7.24. The van der Waals surface area contributed by atoms with Gasteiger partial charge in [-0.05, 0) is 19.9 Å². The van der Waals surface area contributed by atoms with E-state index in [0.717, 1.165) is 43.5 Å². The summed E-state index contributed by atoms with van der Waals surface area (Å²) in [6.07, 6.45) is 1.18. The molecule has 1 heterocycles. The molecule has 1 aromatic rings. The molecule has 4 nitrogen and oxygen atoms in total. The minimum atomic E-state index is 0.744. The van der Waals surface area contributed by atoms with Crippen molar-refractivity contribution in [1.82, 2.24) is 15.6 Å². The Bertz CT molecular complexity index is 283. The van der Waals surface area contributed by atoms with E-state index in [1.54, 1.807) is 0 Å². The average molecular weight is 211 g/mol. The largest absolute Gasteiger partial charge is 0.444 e. The molecule has 0 aliphatic carbocycles. The summed E-state index contributed by atoms with van der Waals surface area (Å²) >= 11 is 0. The molecule has 86 valence electrons. The van der Waals surface area contributed by atoms with Gasteiger partial charge in [-0.2, -0.15) is 0 Å². The second-order valence-corrected chi connectivity index (χ2v) is 3.67. The van der Waals surface area contributed by atoms with Crippen molar-refractivity contribution in [2.24, 2.45) is 0 Å². The molecule has 4 heteroatoms. The maximum atomic E-state index is 5.45. The molecule has 0 bridgehead atoms. The molecule has 1 rings (SSSR count). The lowest BCUT2D eigenvalue weighted by Crippen LogP contribution is -2.27. The number of oxazole rings is 1. The van der Waals surface area contributed by atoms with Gasteiger partial charge in [0.2, 0.25) is 0 Å². The second-order valence-electron chi connectivity index (χ2n) is 3.67. The van der Waals surface area contributed by atoms with E-state index in [9.17, 15) is 0 Å². The lowest BCUT2D eigenvalue weighted by atomic mass is 10.3. The fourth-order valence-electron chi connectivity index (χ4n) is 1.42. The zero-order valence-corrected chi connectivity index (χ0v) is 9.89. The number of aromatic nitrogens is 1. The van der Waals surface area contributed by atoms with Gasteiger partial charge in [0.1, 0.15) is 5.76 Å². The average Bonchev–Trinajstić information content (AvgIpc) is 2.51. The van der Waals surface area contributed by atoms with Gasteiger partial charge in [-0.15, -0.1) is 0 Å². The van der Waals surface area contributed by atoms with Crippen LogP contribution < -0.4 is 10.6 Å². The first kappa shape index (κ1) is 12.2. The molecular weight excluding hydrogens is 190 g/mol. The van der Waals surface area contributed by atoms with E-state index in [2.05, 4.69) is 22.5 Å². The van der Waals surface area contributed by atoms with Crippen molar-refractivity contribution >= 4 is 0 Å². The number of nitrogens with one attached hydrogen (secondary N) is 2. The van der Waals surface area contributed by atoms with Crippen molar-refractivity contribution in [2.45, 2.75) is 33.7 Å². The fourth-order valence-corrected chi connectivity index (χ4v) is 1.42. The Balaban J connectivity index is 2.12. The van der Waals surface area contributed by atoms with E-state index in [1.165, 1.54) is 6.42 Å². The maximum absolute atomic E-state index is 5.45. The summed E-state index contributed by atoms with van der Waals surface area (Å²) < 4.78 is 5.45. The van der Waals surface area contributed by atoms with Crippen molar-refractivity contribution in [3.8, 4) is 0 Å². The van der Waals surface area contributed by atoms with E-state index in [4.69, 9.17) is 4.42 Å². The van der Waals surface area contributed by atoms with Crippen molar-refractivity contribution in [3.05, 3.63) is 17.3 Å². The summed E-state index contributed by atoms with van der Waals surface area (Å²) in [5.41, 5.74) is 0.988. The van der Waals surface area contributed by atoms with Crippen LogP contribution in [0.25, 0.3) is 0 Å². The van der Waals surface area contributed by atoms with Gasteiger partial charge in [0, 0.05) is 20.0 Å². The first-order valence-electron chi connectivity index (χ1n) is 5.58. The Hall–Kier alpha value is -0.870. The van der Waals surface area contributed by atoms with E-state index >= 15 is 0 Å². The number of rotatable bonds is 7. The van der Waals surface area contributed by atoms with Crippen LogP contribution >= 0.6 is 0 Å². The minimum absolute atomic E-state index is 0.744. The highest BCUT2D eigenvalue weighted by Crippen LogP contribution is 2.07. The minimum Gasteiger partial charge on any atom is -0.444 e. The number of hydrogen-bond donors (Lipinski definition) is 2. The third kappa shape index (κ3) is 4.44. The van der Waals surface area contributed by atoms with Crippen molar-refractivity contribution in [3.63, 3.8) is 0 Å². The quantitative estimate of drug-likeness (QED) is 0.669. The SMILES string of the molecule is CCCNCCNCc1oc(C)nc1C. The maximum Gasteiger partial charge on any atom is 0.191 e. The highest BCUT2D eigenvalue weighted by molar-refractivity contribution is 5.06. The van der Waals surface area contributed by atoms with Crippen LogP contribution in [-0.2, 0) is 6.54 Å². The van der Waals surface area contributed by atoms with Crippen LogP contribution in [0.3, 0.4) is 0 Å². The summed E-state index contributed by atoms with van der Waals surface area (Å²) in [6.45, 7) is 9.82. The van der Waals surface area contributed by atoms with Gasteiger partial charge in [0.05, 0.1) is 12.2 Å². The molecule has 0 fully saturated rings. The zero-order chi connectivity index (χ0) is 11.1. The molecule has 0 saturated heterocycles. The molecular formula is C11H21N3O. The Morgan fingerprint density at radius 1 is 1.13 bits per heavy atom. The molecule has 0 aliphatic heterocycles. The lowest BCUT2D eigenvalue weighted by Gasteiger charge is -2.04. The Kier molecular flexibility index (Phi) is 5.36. The Morgan fingerprint density at radius 2 is 1.87 bits per heavy atom. The molecule has 0 saturated carbocycles. The van der Waals surface area contributed by atoms with Crippen molar-refractivity contribution < 1.29 is 4.42 Å². The summed E-state index contributed by atoms with van der Waals surface area (Å²) in [5, 5.41) is 6.65. The molecule has 2 N–H and O–H groups in total. The van der Waals surface area contributed by atoms with Crippen LogP contribution in [0.4, 0.5) is 0 Å². The van der Waals surface area contributed by atoms with Crippen molar-refractivity contribution in [1.29, 1.82) is 0 Å². The van der Waals surface area contributed by atoms with Crippen molar-refractivity contribution in [2.75, 3.05) is 19.6 Å². The van der Waals surface area contributed by atoms with Gasteiger partial charge >= 0.3 is 0 Å². The summed E-state index contributed by atoms with van der Waals surface area (Å²) in [5.74, 6) is 1.69. The molecule has 1 aromatic heterocycles. The number of hydrogen-bond acceptors (Lipinski definition) is 4. The highest BCUT2D eigenvalue weighted by atomic mass is 16.4. The smallest absolute Gasteiger partial charge is 0.191 e. The van der Waals surface area contributed by atoms with E-state index in [-0.39, 0.29) is 0 Å². The van der Waals surface area contributed by atoms with Gasteiger partial charge in [-0.1, -0.05) is 6.92 Å². The topological polar surface area (TPSA) is 50.1 Å².